The van der Waals surface area contributed by atoms with Crippen molar-refractivity contribution in [3.8, 4) is 0 Å². The molecule has 128 valence electrons. The van der Waals surface area contributed by atoms with Crippen LogP contribution in [0.2, 0.25) is 0 Å². The summed E-state index contributed by atoms with van der Waals surface area (Å²) in [6, 6.07) is 0. The predicted molar refractivity (Wildman–Crippen MR) is 91.1 cm³/mol. The van der Waals surface area contributed by atoms with Gasteiger partial charge in [0, 0.05) is 26.4 Å². The van der Waals surface area contributed by atoms with Crippen LogP contribution in [0.15, 0.2) is 16.6 Å². The Bertz CT molecular complexity index is 472. The van der Waals surface area contributed by atoms with Crippen molar-refractivity contribution in [3.63, 3.8) is 0 Å². The summed E-state index contributed by atoms with van der Waals surface area (Å²) in [5.41, 5.74) is 1.54. The zero-order chi connectivity index (χ0) is 16.3. The second-order valence-corrected chi connectivity index (χ2v) is 7.79. The molecule has 0 aromatic rings. The maximum Gasteiger partial charge on any atom is 0.191 e. The summed E-state index contributed by atoms with van der Waals surface area (Å²) in [6.45, 7) is 2.18. The average molecular weight is 331 g/mol. The number of rotatable bonds is 9. The van der Waals surface area contributed by atoms with Crippen molar-refractivity contribution in [1.82, 2.24) is 10.6 Å². The van der Waals surface area contributed by atoms with Gasteiger partial charge in [-0.1, -0.05) is 11.6 Å². The molecular weight excluding hydrogens is 302 g/mol. The molecule has 22 heavy (non-hydrogen) atoms. The van der Waals surface area contributed by atoms with E-state index in [1.54, 1.807) is 12.6 Å². The molecule has 0 spiro atoms. The second-order valence-electron chi connectivity index (χ2n) is 5.53. The minimum Gasteiger partial charge on any atom is -0.379 e. The number of ether oxygens (including phenoxy) is 1. The third-order valence-corrected chi connectivity index (χ3v) is 4.39. The van der Waals surface area contributed by atoms with Crippen LogP contribution in [-0.2, 0) is 14.6 Å². The van der Waals surface area contributed by atoms with Crippen molar-refractivity contribution in [2.45, 2.75) is 32.1 Å². The van der Waals surface area contributed by atoms with E-state index >= 15 is 0 Å². The molecule has 0 amide bonds. The van der Waals surface area contributed by atoms with Crippen LogP contribution in [0.25, 0.3) is 0 Å². The number of guanidine groups is 1. The molecule has 1 aliphatic carbocycles. The van der Waals surface area contributed by atoms with E-state index in [2.05, 4.69) is 21.7 Å². The van der Waals surface area contributed by atoms with Gasteiger partial charge in [0.15, 0.2) is 5.96 Å². The van der Waals surface area contributed by atoms with Gasteiger partial charge in [0.2, 0.25) is 0 Å². The van der Waals surface area contributed by atoms with E-state index in [0.29, 0.717) is 13.2 Å². The quantitative estimate of drug-likeness (QED) is 0.286. The maximum atomic E-state index is 10.9. The van der Waals surface area contributed by atoms with Crippen LogP contribution in [0, 0.1) is 0 Å². The van der Waals surface area contributed by atoms with Gasteiger partial charge in [0.1, 0.15) is 9.84 Å². The fourth-order valence-electron chi connectivity index (χ4n) is 2.25. The lowest BCUT2D eigenvalue weighted by atomic mass is 9.97. The highest BCUT2D eigenvalue weighted by Gasteiger charge is 2.04. The number of hydrogen-bond donors (Lipinski definition) is 2. The van der Waals surface area contributed by atoms with Crippen LogP contribution in [-0.4, -0.2) is 59.7 Å². The molecule has 7 heteroatoms. The first-order valence-corrected chi connectivity index (χ1v) is 9.95. The fraction of sp³-hybridized carbons (Fsp3) is 0.800. The van der Waals surface area contributed by atoms with Crippen molar-refractivity contribution in [2.24, 2.45) is 4.99 Å². The zero-order valence-electron chi connectivity index (χ0n) is 13.7. The summed E-state index contributed by atoms with van der Waals surface area (Å²) in [4.78, 5) is 4.15. The Labute approximate surface area is 134 Å². The molecule has 0 aromatic heterocycles. The summed E-state index contributed by atoms with van der Waals surface area (Å²) in [7, 11) is -1.21. The van der Waals surface area contributed by atoms with Gasteiger partial charge in [-0.05, 0) is 32.1 Å². The van der Waals surface area contributed by atoms with Crippen LogP contribution >= 0.6 is 0 Å². The van der Waals surface area contributed by atoms with Gasteiger partial charge < -0.3 is 15.4 Å². The van der Waals surface area contributed by atoms with Gasteiger partial charge in [-0.25, -0.2) is 8.42 Å². The smallest absolute Gasteiger partial charge is 0.191 e. The topological polar surface area (TPSA) is 79.8 Å². The molecule has 6 nitrogen and oxygen atoms in total. The average Bonchev–Trinajstić information content (AvgIpc) is 2.49. The van der Waals surface area contributed by atoms with Gasteiger partial charge in [-0.15, -0.1) is 0 Å². The highest BCUT2D eigenvalue weighted by atomic mass is 32.2. The first kappa shape index (κ1) is 19.0. The summed E-state index contributed by atoms with van der Waals surface area (Å²) >= 11 is 0. The number of hydrogen-bond acceptors (Lipinski definition) is 4. The largest absolute Gasteiger partial charge is 0.379 e. The second kappa shape index (κ2) is 10.6. The van der Waals surface area contributed by atoms with Crippen LogP contribution in [0.3, 0.4) is 0 Å². The fourth-order valence-corrected chi connectivity index (χ4v) is 2.67. The van der Waals surface area contributed by atoms with E-state index in [1.165, 1.54) is 31.9 Å². The molecule has 0 aliphatic heterocycles. The van der Waals surface area contributed by atoms with Crippen molar-refractivity contribution in [2.75, 3.05) is 45.4 Å². The molecule has 0 unspecified atom stereocenters. The minimum absolute atomic E-state index is 0.0646. The van der Waals surface area contributed by atoms with E-state index in [0.717, 1.165) is 18.9 Å². The summed E-state index contributed by atoms with van der Waals surface area (Å²) < 4.78 is 27.1. The molecule has 0 aromatic carbocycles. The van der Waals surface area contributed by atoms with Crippen molar-refractivity contribution in [1.29, 1.82) is 0 Å². The number of aliphatic imine (C=N–C) groups is 1. The molecule has 0 saturated carbocycles. The number of sulfone groups is 1. The van der Waals surface area contributed by atoms with E-state index in [-0.39, 0.29) is 12.4 Å². The minimum atomic E-state index is -2.94. The Morgan fingerprint density at radius 2 is 2.05 bits per heavy atom. The van der Waals surface area contributed by atoms with Crippen LogP contribution in [0.5, 0.6) is 0 Å². The molecule has 0 heterocycles. The molecule has 2 N–H and O–H groups in total. The first-order valence-electron chi connectivity index (χ1n) is 7.89. The van der Waals surface area contributed by atoms with E-state index < -0.39 is 9.84 Å². The third-order valence-electron chi connectivity index (χ3n) is 3.48. The predicted octanol–water partition coefficient (Wildman–Crippen LogP) is 1.10. The Hall–Kier alpha value is -1.08. The van der Waals surface area contributed by atoms with Gasteiger partial charge in [-0.3, -0.25) is 4.99 Å². The molecule has 0 atom stereocenters. The van der Waals surface area contributed by atoms with Crippen molar-refractivity contribution in [3.05, 3.63) is 11.6 Å². The maximum absolute atomic E-state index is 10.9. The SMILES string of the molecule is CN=C(NCCOCCS(C)(=O)=O)NCCC1=CCCCC1. The van der Waals surface area contributed by atoms with Crippen LogP contribution in [0.4, 0.5) is 0 Å². The first-order chi connectivity index (χ1) is 10.5. The highest BCUT2D eigenvalue weighted by Crippen LogP contribution is 2.19. The van der Waals surface area contributed by atoms with Crippen LogP contribution in [0.1, 0.15) is 32.1 Å². The molecule has 1 aliphatic rings. The Kier molecular flexibility index (Phi) is 9.15. The van der Waals surface area contributed by atoms with Gasteiger partial charge in [0.25, 0.3) is 0 Å². The Morgan fingerprint density at radius 1 is 1.27 bits per heavy atom. The Morgan fingerprint density at radius 3 is 2.68 bits per heavy atom. The summed E-state index contributed by atoms with van der Waals surface area (Å²) in [5, 5.41) is 6.43. The molecule has 0 radical (unpaired) electrons. The lowest BCUT2D eigenvalue weighted by Crippen LogP contribution is -2.39. The van der Waals surface area contributed by atoms with Gasteiger partial charge in [0.05, 0.1) is 19.0 Å². The molecule has 0 fully saturated rings. The Balaban J connectivity index is 2.06. The molecular formula is C15H29N3O3S. The highest BCUT2D eigenvalue weighted by molar-refractivity contribution is 7.90. The van der Waals surface area contributed by atoms with Crippen molar-refractivity contribution >= 4 is 15.8 Å². The number of nitrogens with zero attached hydrogens (tertiary/aromatic N) is 1. The standard InChI is InChI=1S/C15H29N3O3S/c1-16-15(17-9-8-14-6-4-3-5-7-14)18-10-11-21-12-13-22(2,19)20/h6H,3-5,7-13H2,1-2H3,(H2,16,17,18). The lowest BCUT2D eigenvalue weighted by molar-refractivity contribution is 0.154. The summed E-state index contributed by atoms with van der Waals surface area (Å²) in [5.74, 6) is 0.817. The third kappa shape index (κ3) is 9.78. The zero-order valence-corrected chi connectivity index (χ0v) is 14.5. The summed E-state index contributed by atoms with van der Waals surface area (Å²) in [6.07, 6.45) is 9.70. The molecule has 0 saturated heterocycles. The normalized spacial score (nSPS) is 16.3. The molecule has 1 rings (SSSR count). The monoisotopic (exact) mass is 331 g/mol. The van der Waals surface area contributed by atoms with Gasteiger partial charge >= 0.3 is 0 Å². The van der Waals surface area contributed by atoms with E-state index in [1.807, 2.05) is 0 Å². The van der Waals surface area contributed by atoms with Gasteiger partial charge in [-0.2, -0.15) is 0 Å². The van der Waals surface area contributed by atoms with Crippen LogP contribution < -0.4 is 10.6 Å². The van der Waals surface area contributed by atoms with Crippen molar-refractivity contribution < 1.29 is 13.2 Å². The number of nitrogens with one attached hydrogen (secondary N) is 2. The molecule has 0 bridgehead atoms. The van der Waals surface area contributed by atoms with E-state index in [9.17, 15) is 8.42 Å². The number of allylic oxidation sites excluding steroid dienone is 1. The lowest BCUT2D eigenvalue weighted by Gasteiger charge is -2.15. The van der Waals surface area contributed by atoms with E-state index in [4.69, 9.17) is 4.74 Å².